The third-order valence-electron chi connectivity index (χ3n) is 5.81. The maximum atomic E-state index is 13.0. The van der Waals surface area contributed by atoms with Gasteiger partial charge in [-0.2, -0.15) is 5.10 Å². The van der Waals surface area contributed by atoms with Gasteiger partial charge in [-0.1, -0.05) is 6.92 Å². The highest BCUT2D eigenvalue weighted by atomic mass is 16.5. The van der Waals surface area contributed by atoms with Gasteiger partial charge in [0.2, 0.25) is 5.88 Å². The number of fused-ring (bicyclic) bond motifs is 1. The molecule has 9 heteroatoms. The lowest BCUT2D eigenvalue weighted by atomic mass is 10.0. The number of carbonyl (C=O) groups excluding carboxylic acids is 2. The molecule has 2 aromatic rings. The second-order valence-electron chi connectivity index (χ2n) is 7.52. The van der Waals surface area contributed by atoms with Gasteiger partial charge < -0.3 is 19.4 Å². The van der Waals surface area contributed by atoms with E-state index in [1.54, 1.807) is 23.2 Å². The molecule has 2 aliphatic rings. The number of carbonyl (C=O) groups is 2. The fourth-order valence-corrected chi connectivity index (χ4v) is 4.06. The number of amides is 2. The lowest BCUT2D eigenvalue weighted by molar-refractivity contribution is 0.0636. The third kappa shape index (κ3) is 3.89. The molecule has 0 saturated carbocycles. The molecule has 1 saturated heterocycles. The first-order valence-electron chi connectivity index (χ1n) is 10.6. The molecule has 4 heterocycles. The average molecular weight is 412 g/mol. The van der Waals surface area contributed by atoms with Gasteiger partial charge >= 0.3 is 0 Å². The minimum atomic E-state index is -0.129. The van der Waals surface area contributed by atoms with E-state index in [1.165, 1.54) is 0 Å². The van der Waals surface area contributed by atoms with Gasteiger partial charge in [0.05, 0.1) is 18.8 Å². The molecule has 0 unspecified atom stereocenters. The number of hydrogen-bond acceptors (Lipinski definition) is 6. The Hall–Kier alpha value is -2.94. The molecule has 0 radical (unpaired) electrons. The minimum absolute atomic E-state index is 0.0195. The Labute approximate surface area is 176 Å². The van der Waals surface area contributed by atoms with Crippen molar-refractivity contribution in [3.8, 4) is 5.88 Å². The average Bonchev–Trinajstić information content (AvgIpc) is 3.22. The molecular formula is C21H28N6O3. The van der Waals surface area contributed by atoms with Crippen molar-refractivity contribution in [3.05, 3.63) is 40.8 Å². The first kappa shape index (κ1) is 20.3. The van der Waals surface area contributed by atoms with Gasteiger partial charge in [0.15, 0.2) is 5.69 Å². The van der Waals surface area contributed by atoms with E-state index in [4.69, 9.17) is 4.74 Å². The Morgan fingerprint density at radius 1 is 1.10 bits per heavy atom. The number of aromatic amines is 1. The lowest BCUT2D eigenvalue weighted by Crippen LogP contribution is -2.48. The van der Waals surface area contributed by atoms with Crippen LogP contribution in [0, 0.1) is 0 Å². The van der Waals surface area contributed by atoms with E-state index in [0.29, 0.717) is 43.3 Å². The van der Waals surface area contributed by atoms with Crippen LogP contribution in [0.3, 0.4) is 0 Å². The van der Waals surface area contributed by atoms with Gasteiger partial charge in [0, 0.05) is 44.5 Å². The molecule has 0 aliphatic carbocycles. The summed E-state index contributed by atoms with van der Waals surface area (Å²) in [6.45, 7) is 9.59. The number of aromatic nitrogens is 3. The van der Waals surface area contributed by atoms with Crippen LogP contribution in [0.5, 0.6) is 5.88 Å². The second-order valence-corrected chi connectivity index (χ2v) is 7.52. The lowest BCUT2D eigenvalue weighted by Gasteiger charge is -2.34. The number of hydrogen-bond donors (Lipinski definition) is 1. The molecular weight excluding hydrogens is 384 g/mol. The largest absolute Gasteiger partial charge is 0.477 e. The first-order chi connectivity index (χ1) is 14.6. The molecule has 0 aromatic carbocycles. The Morgan fingerprint density at radius 3 is 2.63 bits per heavy atom. The molecule has 30 heavy (non-hydrogen) atoms. The van der Waals surface area contributed by atoms with Crippen molar-refractivity contribution < 1.29 is 14.3 Å². The van der Waals surface area contributed by atoms with Crippen molar-refractivity contribution >= 4 is 11.8 Å². The molecule has 0 bridgehead atoms. The van der Waals surface area contributed by atoms with Gasteiger partial charge in [0.25, 0.3) is 11.8 Å². The van der Waals surface area contributed by atoms with E-state index in [-0.39, 0.29) is 11.8 Å². The molecule has 2 aliphatic heterocycles. The Morgan fingerprint density at radius 2 is 1.90 bits per heavy atom. The number of nitrogens with one attached hydrogen (secondary N) is 1. The van der Waals surface area contributed by atoms with Crippen LogP contribution in [0.25, 0.3) is 0 Å². The number of rotatable bonds is 5. The Balaban J connectivity index is 1.47. The van der Waals surface area contributed by atoms with Crippen molar-refractivity contribution in [3.63, 3.8) is 0 Å². The zero-order chi connectivity index (χ0) is 21.1. The summed E-state index contributed by atoms with van der Waals surface area (Å²) in [5.41, 5.74) is 2.70. The van der Waals surface area contributed by atoms with Crippen molar-refractivity contribution in [1.29, 1.82) is 0 Å². The van der Waals surface area contributed by atoms with Gasteiger partial charge in [0.1, 0.15) is 5.56 Å². The van der Waals surface area contributed by atoms with Crippen molar-refractivity contribution in [2.45, 2.75) is 26.8 Å². The zero-order valence-corrected chi connectivity index (χ0v) is 17.6. The highest BCUT2D eigenvalue weighted by Crippen LogP contribution is 2.25. The standard InChI is InChI=1S/C21H28N6O3/c1-3-25-10-12-26(13-11-25)21(29)18-15-7-9-27(14-17(15)23-24-18)20(28)16-6-5-8-22-19(16)30-4-2/h5-6,8H,3-4,7,9-14H2,1-2H3,(H,23,24). The predicted octanol–water partition coefficient (Wildman–Crippen LogP) is 1.18. The first-order valence-corrected chi connectivity index (χ1v) is 10.6. The van der Waals surface area contributed by atoms with E-state index in [9.17, 15) is 9.59 Å². The summed E-state index contributed by atoms with van der Waals surface area (Å²) in [6, 6.07) is 3.46. The molecule has 4 rings (SSSR count). The molecule has 0 atom stereocenters. The van der Waals surface area contributed by atoms with Gasteiger partial charge in [-0.05, 0) is 32.0 Å². The summed E-state index contributed by atoms with van der Waals surface area (Å²) in [5, 5.41) is 7.31. The van der Waals surface area contributed by atoms with Gasteiger partial charge in [-0.3, -0.25) is 14.7 Å². The summed E-state index contributed by atoms with van der Waals surface area (Å²) in [4.78, 5) is 36.2. The van der Waals surface area contributed by atoms with Crippen LogP contribution in [-0.2, 0) is 13.0 Å². The fraction of sp³-hybridized carbons (Fsp3) is 0.524. The maximum absolute atomic E-state index is 13.0. The molecule has 2 aromatic heterocycles. The second kappa shape index (κ2) is 8.83. The Bertz CT molecular complexity index is 919. The molecule has 0 spiro atoms. The van der Waals surface area contributed by atoms with Crippen LogP contribution in [0.15, 0.2) is 18.3 Å². The number of piperazine rings is 1. The summed E-state index contributed by atoms with van der Waals surface area (Å²) < 4.78 is 5.50. The SMILES string of the molecule is CCOc1ncccc1C(=O)N1CCc2c(C(=O)N3CCN(CC)CC3)n[nH]c2C1. The van der Waals surface area contributed by atoms with E-state index < -0.39 is 0 Å². The van der Waals surface area contributed by atoms with Crippen LogP contribution in [0.4, 0.5) is 0 Å². The van der Waals surface area contributed by atoms with Crippen LogP contribution in [0.1, 0.15) is 46.0 Å². The molecule has 160 valence electrons. The van der Waals surface area contributed by atoms with Gasteiger partial charge in [-0.25, -0.2) is 4.98 Å². The molecule has 1 N–H and O–H groups in total. The van der Waals surface area contributed by atoms with E-state index >= 15 is 0 Å². The predicted molar refractivity (Wildman–Crippen MR) is 110 cm³/mol. The smallest absolute Gasteiger partial charge is 0.274 e. The van der Waals surface area contributed by atoms with Crippen molar-refractivity contribution in [2.75, 3.05) is 45.9 Å². The van der Waals surface area contributed by atoms with E-state index in [0.717, 1.165) is 44.0 Å². The van der Waals surface area contributed by atoms with E-state index in [2.05, 4.69) is 27.0 Å². The van der Waals surface area contributed by atoms with Crippen molar-refractivity contribution in [1.82, 2.24) is 29.9 Å². The summed E-state index contributed by atoms with van der Waals surface area (Å²) in [7, 11) is 0. The number of likely N-dealkylation sites (N-methyl/N-ethyl adjacent to an activating group) is 1. The van der Waals surface area contributed by atoms with E-state index in [1.807, 2.05) is 11.8 Å². The monoisotopic (exact) mass is 412 g/mol. The summed E-state index contributed by atoms with van der Waals surface area (Å²) in [5.74, 6) is 0.201. The van der Waals surface area contributed by atoms with Crippen LogP contribution in [-0.4, -0.2) is 87.6 Å². The maximum Gasteiger partial charge on any atom is 0.274 e. The third-order valence-corrected chi connectivity index (χ3v) is 5.81. The van der Waals surface area contributed by atoms with Gasteiger partial charge in [-0.15, -0.1) is 0 Å². The minimum Gasteiger partial charge on any atom is -0.477 e. The molecule has 2 amide bonds. The number of pyridine rings is 1. The number of ether oxygens (including phenoxy) is 1. The van der Waals surface area contributed by atoms with Crippen LogP contribution in [0.2, 0.25) is 0 Å². The Kier molecular flexibility index (Phi) is 5.98. The zero-order valence-electron chi connectivity index (χ0n) is 17.6. The molecule has 9 nitrogen and oxygen atoms in total. The highest BCUT2D eigenvalue weighted by molar-refractivity contribution is 5.97. The fourth-order valence-electron chi connectivity index (χ4n) is 4.06. The quantitative estimate of drug-likeness (QED) is 0.793. The normalized spacial score (nSPS) is 17.0. The topological polar surface area (TPSA) is 94.7 Å². The summed E-state index contributed by atoms with van der Waals surface area (Å²) in [6.07, 6.45) is 2.21. The van der Waals surface area contributed by atoms with Crippen molar-refractivity contribution in [2.24, 2.45) is 0 Å². The van der Waals surface area contributed by atoms with Crippen LogP contribution >= 0.6 is 0 Å². The summed E-state index contributed by atoms with van der Waals surface area (Å²) >= 11 is 0. The van der Waals surface area contributed by atoms with Crippen LogP contribution < -0.4 is 4.74 Å². The number of nitrogens with zero attached hydrogens (tertiary/aromatic N) is 5. The number of H-pyrrole nitrogens is 1. The highest BCUT2D eigenvalue weighted by Gasteiger charge is 2.31. The molecule has 1 fully saturated rings.